The maximum atomic E-state index is 9.25. The summed E-state index contributed by atoms with van der Waals surface area (Å²) in [5.74, 6) is 1.75. The van der Waals surface area contributed by atoms with Crippen molar-refractivity contribution in [2.24, 2.45) is 11.8 Å². The van der Waals surface area contributed by atoms with Crippen LogP contribution in [-0.2, 0) is 0 Å². The third-order valence-corrected chi connectivity index (χ3v) is 4.24. The van der Waals surface area contributed by atoms with Gasteiger partial charge in [0.25, 0.3) is 0 Å². The molecule has 2 saturated carbocycles. The molecule has 2 aliphatic rings. The van der Waals surface area contributed by atoms with Gasteiger partial charge in [-0.1, -0.05) is 26.7 Å². The van der Waals surface area contributed by atoms with Crippen molar-refractivity contribution < 1.29 is 5.11 Å². The molecule has 0 amide bonds. The normalized spacial score (nSPS) is 41.6. The van der Waals surface area contributed by atoms with Crippen LogP contribution in [-0.4, -0.2) is 23.3 Å². The molecule has 2 atom stereocenters. The number of hydrogen-bond donors (Lipinski definition) is 2. The number of aliphatic hydroxyl groups excluding tert-OH is 1. The van der Waals surface area contributed by atoms with Gasteiger partial charge in [-0.15, -0.1) is 0 Å². The molecule has 2 fully saturated rings. The number of nitrogens with one attached hydrogen (secondary N) is 1. The Morgan fingerprint density at radius 1 is 1.07 bits per heavy atom. The molecule has 2 N–H and O–H groups in total. The van der Waals surface area contributed by atoms with Gasteiger partial charge in [0.2, 0.25) is 0 Å². The first kappa shape index (κ1) is 11.4. The van der Waals surface area contributed by atoms with E-state index in [0.717, 1.165) is 30.7 Å². The average molecular weight is 211 g/mol. The maximum absolute atomic E-state index is 9.25. The minimum absolute atomic E-state index is 0.0213. The van der Waals surface area contributed by atoms with Gasteiger partial charge in [0.15, 0.2) is 0 Å². The average Bonchev–Trinajstić information content (AvgIpc) is 2.16. The fourth-order valence-corrected chi connectivity index (χ4v) is 3.04. The van der Waals surface area contributed by atoms with E-state index in [9.17, 15) is 5.11 Å². The zero-order chi connectivity index (χ0) is 10.8. The van der Waals surface area contributed by atoms with E-state index < -0.39 is 0 Å². The van der Waals surface area contributed by atoms with Gasteiger partial charge in [-0.3, -0.25) is 0 Å². The Kier molecular flexibility index (Phi) is 3.68. The molecule has 0 aliphatic heterocycles. The Balaban J connectivity index is 1.73. The second-order valence-corrected chi connectivity index (χ2v) is 5.86. The van der Waals surface area contributed by atoms with Gasteiger partial charge in [-0.2, -0.15) is 0 Å². The van der Waals surface area contributed by atoms with Crippen LogP contribution in [0.25, 0.3) is 0 Å². The first-order valence-electron chi connectivity index (χ1n) is 6.59. The molecule has 0 aromatic carbocycles. The molecule has 0 saturated heterocycles. The van der Waals surface area contributed by atoms with E-state index in [1.807, 2.05) is 0 Å². The van der Waals surface area contributed by atoms with E-state index in [2.05, 4.69) is 19.2 Å². The van der Waals surface area contributed by atoms with Crippen LogP contribution in [0.5, 0.6) is 0 Å². The predicted octanol–water partition coefficient (Wildman–Crippen LogP) is 2.31. The van der Waals surface area contributed by atoms with Gasteiger partial charge in [-0.05, 0) is 37.5 Å². The quantitative estimate of drug-likeness (QED) is 0.751. The Hall–Kier alpha value is -0.0800. The fraction of sp³-hybridized carbons (Fsp3) is 1.00. The molecule has 0 aromatic rings. The van der Waals surface area contributed by atoms with Crippen LogP contribution in [0, 0.1) is 11.8 Å². The van der Waals surface area contributed by atoms with Gasteiger partial charge in [-0.25, -0.2) is 0 Å². The minimum Gasteiger partial charge on any atom is -0.393 e. The van der Waals surface area contributed by atoms with Crippen molar-refractivity contribution in [1.29, 1.82) is 0 Å². The van der Waals surface area contributed by atoms with Gasteiger partial charge in [0, 0.05) is 12.1 Å². The molecule has 0 radical (unpaired) electrons. The third kappa shape index (κ3) is 2.94. The van der Waals surface area contributed by atoms with Gasteiger partial charge in [0.1, 0.15) is 0 Å². The monoisotopic (exact) mass is 211 g/mol. The largest absolute Gasteiger partial charge is 0.393 e. The molecule has 0 heterocycles. The van der Waals surface area contributed by atoms with Gasteiger partial charge >= 0.3 is 0 Å². The number of rotatable bonds is 3. The molecular weight excluding hydrogens is 186 g/mol. The summed E-state index contributed by atoms with van der Waals surface area (Å²) < 4.78 is 0. The molecule has 2 nitrogen and oxygen atoms in total. The highest BCUT2D eigenvalue weighted by molar-refractivity contribution is 4.89. The highest BCUT2D eigenvalue weighted by Gasteiger charge is 2.31. The van der Waals surface area contributed by atoms with Crippen molar-refractivity contribution in [3.63, 3.8) is 0 Å². The maximum Gasteiger partial charge on any atom is 0.0570 e. The standard InChI is InChI=1S/C13H25NO/c1-9(2)10-4-3-5-11(6-10)14-12-7-13(15)8-12/h9-15H,3-8H2,1-2H3. The summed E-state index contributed by atoms with van der Waals surface area (Å²) in [5, 5.41) is 13.0. The molecule has 2 aliphatic carbocycles. The Morgan fingerprint density at radius 3 is 2.40 bits per heavy atom. The summed E-state index contributed by atoms with van der Waals surface area (Å²) in [7, 11) is 0. The minimum atomic E-state index is -0.0213. The zero-order valence-electron chi connectivity index (χ0n) is 10.1. The van der Waals surface area contributed by atoms with Crippen LogP contribution in [0.15, 0.2) is 0 Å². The van der Waals surface area contributed by atoms with Crippen LogP contribution in [0.4, 0.5) is 0 Å². The molecule has 0 spiro atoms. The summed E-state index contributed by atoms with van der Waals surface area (Å²) in [5.41, 5.74) is 0. The number of hydrogen-bond acceptors (Lipinski definition) is 2. The van der Waals surface area contributed by atoms with Crippen molar-refractivity contribution in [1.82, 2.24) is 5.32 Å². The second kappa shape index (κ2) is 4.84. The highest BCUT2D eigenvalue weighted by Crippen LogP contribution is 2.31. The van der Waals surface area contributed by atoms with Crippen LogP contribution in [0.1, 0.15) is 52.4 Å². The lowest BCUT2D eigenvalue weighted by Gasteiger charge is -2.39. The topological polar surface area (TPSA) is 32.3 Å². The van der Waals surface area contributed by atoms with E-state index in [0.29, 0.717) is 6.04 Å². The summed E-state index contributed by atoms with van der Waals surface area (Å²) in [6.45, 7) is 4.69. The van der Waals surface area contributed by atoms with Gasteiger partial charge < -0.3 is 10.4 Å². The molecule has 0 bridgehead atoms. The highest BCUT2D eigenvalue weighted by atomic mass is 16.3. The summed E-state index contributed by atoms with van der Waals surface area (Å²) >= 11 is 0. The lowest BCUT2D eigenvalue weighted by molar-refractivity contribution is 0.0522. The van der Waals surface area contributed by atoms with Crippen molar-refractivity contribution in [3.8, 4) is 0 Å². The lowest BCUT2D eigenvalue weighted by atomic mass is 9.78. The molecule has 0 aromatic heterocycles. The van der Waals surface area contributed by atoms with Crippen molar-refractivity contribution in [2.45, 2.75) is 70.6 Å². The van der Waals surface area contributed by atoms with Crippen LogP contribution in [0.3, 0.4) is 0 Å². The first-order chi connectivity index (χ1) is 7.15. The molecule has 2 unspecified atom stereocenters. The van der Waals surface area contributed by atoms with E-state index in [1.165, 1.54) is 25.7 Å². The van der Waals surface area contributed by atoms with Crippen molar-refractivity contribution in [2.75, 3.05) is 0 Å². The third-order valence-electron chi connectivity index (χ3n) is 4.24. The lowest BCUT2D eigenvalue weighted by Crippen LogP contribution is -2.49. The van der Waals surface area contributed by atoms with Gasteiger partial charge in [0.05, 0.1) is 6.10 Å². The zero-order valence-corrected chi connectivity index (χ0v) is 10.1. The van der Waals surface area contributed by atoms with E-state index in [1.54, 1.807) is 0 Å². The summed E-state index contributed by atoms with van der Waals surface area (Å²) in [4.78, 5) is 0. The van der Waals surface area contributed by atoms with Crippen molar-refractivity contribution in [3.05, 3.63) is 0 Å². The fourth-order valence-electron chi connectivity index (χ4n) is 3.04. The van der Waals surface area contributed by atoms with E-state index in [-0.39, 0.29) is 6.10 Å². The SMILES string of the molecule is CC(C)C1CCCC(NC2CC(O)C2)C1. The first-order valence-corrected chi connectivity index (χ1v) is 6.59. The van der Waals surface area contributed by atoms with E-state index in [4.69, 9.17) is 0 Å². The molecule has 2 heteroatoms. The summed E-state index contributed by atoms with van der Waals surface area (Å²) in [6.07, 6.45) is 7.43. The van der Waals surface area contributed by atoms with Crippen LogP contribution < -0.4 is 5.32 Å². The molecular formula is C13H25NO. The van der Waals surface area contributed by atoms with Crippen LogP contribution in [0.2, 0.25) is 0 Å². The number of aliphatic hydroxyl groups is 1. The smallest absolute Gasteiger partial charge is 0.0570 e. The van der Waals surface area contributed by atoms with Crippen molar-refractivity contribution >= 4 is 0 Å². The molecule has 2 rings (SSSR count). The second-order valence-electron chi connectivity index (χ2n) is 5.86. The Labute approximate surface area is 93.5 Å². The predicted molar refractivity (Wildman–Crippen MR) is 62.7 cm³/mol. The summed E-state index contributed by atoms with van der Waals surface area (Å²) in [6, 6.07) is 1.33. The Bertz CT molecular complexity index is 199. The van der Waals surface area contributed by atoms with Crippen LogP contribution >= 0.6 is 0 Å². The molecule has 88 valence electrons. The Morgan fingerprint density at radius 2 is 1.80 bits per heavy atom. The molecule has 15 heavy (non-hydrogen) atoms. The van der Waals surface area contributed by atoms with E-state index >= 15 is 0 Å².